The summed E-state index contributed by atoms with van der Waals surface area (Å²) in [5.74, 6) is 0. The molecule has 8 nitrogen and oxygen atoms in total. The van der Waals surface area contributed by atoms with Gasteiger partial charge in [-0.25, -0.2) is 9.48 Å². The van der Waals surface area contributed by atoms with Crippen molar-refractivity contribution in [2.45, 2.75) is 19.5 Å². The smallest absolute Gasteiger partial charge is 0.320 e. The Labute approximate surface area is 222 Å². The first kappa shape index (κ1) is 23.2. The Bertz CT molecular complexity index is 1550. The molecule has 1 aliphatic heterocycles. The van der Waals surface area contributed by atoms with Gasteiger partial charge in [0.15, 0.2) is 0 Å². The highest BCUT2D eigenvalue weighted by atomic mass is 79.9. The number of carbonyl (C=O) groups is 1. The predicted molar refractivity (Wildman–Crippen MR) is 145 cm³/mol. The van der Waals surface area contributed by atoms with Gasteiger partial charge in [0.2, 0.25) is 0 Å². The average Bonchev–Trinajstić information content (AvgIpc) is 3.55. The van der Waals surface area contributed by atoms with Gasteiger partial charge in [-0.05, 0) is 40.2 Å². The van der Waals surface area contributed by atoms with Crippen LogP contribution in [0.25, 0.3) is 16.9 Å². The zero-order valence-electron chi connectivity index (χ0n) is 20.0. The van der Waals surface area contributed by atoms with E-state index in [0.29, 0.717) is 26.1 Å². The first-order valence-corrected chi connectivity index (χ1v) is 12.9. The molecule has 6 rings (SSSR count). The first-order valence-electron chi connectivity index (χ1n) is 12.1. The summed E-state index contributed by atoms with van der Waals surface area (Å²) in [5, 5.41) is 16.7. The number of para-hydroxylation sites is 2. The number of carbonyl (C=O) groups excluding carboxylic acids is 1. The SMILES string of the molecule is O=C(Nc1ccccc1)N1CCc2c(c(-c3ccccc3)nn2Cc2cn(-c3ccccc3Br)nn2)C1. The summed E-state index contributed by atoms with van der Waals surface area (Å²) in [4.78, 5) is 14.9. The van der Waals surface area contributed by atoms with E-state index in [1.54, 1.807) is 4.68 Å². The fraction of sp³-hybridized carbons (Fsp3) is 0.143. The molecule has 0 unspecified atom stereocenters. The van der Waals surface area contributed by atoms with Gasteiger partial charge in [0.1, 0.15) is 5.69 Å². The van der Waals surface area contributed by atoms with E-state index in [4.69, 9.17) is 5.10 Å². The van der Waals surface area contributed by atoms with E-state index in [2.05, 4.69) is 43.7 Å². The summed E-state index contributed by atoms with van der Waals surface area (Å²) in [7, 11) is 0. The van der Waals surface area contributed by atoms with E-state index in [9.17, 15) is 4.79 Å². The molecule has 5 aromatic rings. The highest BCUT2D eigenvalue weighted by Gasteiger charge is 2.28. The van der Waals surface area contributed by atoms with Crippen LogP contribution in [0.2, 0.25) is 0 Å². The minimum Gasteiger partial charge on any atom is -0.320 e. The average molecular weight is 554 g/mol. The quantitative estimate of drug-likeness (QED) is 0.310. The molecule has 2 aromatic heterocycles. The molecule has 0 radical (unpaired) electrons. The number of anilines is 1. The van der Waals surface area contributed by atoms with Crippen molar-refractivity contribution < 1.29 is 4.79 Å². The molecule has 9 heteroatoms. The van der Waals surface area contributed by atoms with Gasteiger partial charge in [0, 0.05) is 39.9 Å². The molecule has 2 amide bonds. The summed E-state index contributed by atoms with van der Waals surface area (Å²) in [6.07, 6.45) is 2.63. The molecule has 0 aliphatic carbocycles. The van der Waals surface area contributed by atoms with Gasteiger partial charge in [0.25, 0.3) is 0 Å². The van der Waals surface area contributed by atoms with Gasteiger partial charge in [-0.15, -0.1) is 5.10 Å². The van der Waals surface area contributed by atoms with Gasteiger partial charge >= 0.3 is 6.03 Å². The summed E-state index contributed by atoms with van der Waals surface area (Å²) in [5.41, 5.74) is 6.63. The van der Waals surface area contributed by atoms with Gasteiger partial charge in [-0.3, -0.25) is 4.68 Å². The molecule has 1 N–H and O–H groups in total. The minimum absolute atomic E-state index is 0.111. The van der Waals surface area contributed by atoms with Crippen LogP contribution in [0.5, 0.6) is 0 Å². The van der Waals surface area contributed by atoms with Crippen molar-refractivity contribution in [2.24, 2.45) is 0 Å². The Morgan fingerprint density at radius 3 is 2.46 bits per heavy atom. The number of hydrogen-bond acceptors (Lipinski definition) is 4. The molecular formula is C28H24BrN7O. The molecule has 0 bridgehead atoms. The second-order valence-corrected chi connectivity index (χ2v) is 9.73. The van der Waals surface area contributed by atoms with Crippen LogP contribution in [0, 0.1) is 0 Å². The lowest BCUT2D eigenvalue weighted by Gasteiger charge is -2.28. The Hall–Kier alpha value is -4.24. The largest absolute Gasteiger partial charge is 0.322 e. The fourth-order valence-corrected chi connectivity index (χ4v) is 5.09. The number of hydrogen-bond donors (Lipinski definition) is 1. The number of urea groups is 1. The number of nitrogens with one attached hydrogen (secondary N) is 1. The van der Waals surface area contributed by atoms with Crippen molar-refractivity contribution in [1.82, 2.24) is 29.7 Å². The second-order valence-electron chi connectivity index (χ2n) is 8.87. The summed E-state index contributed by atoms with van der Waals surface area (Å²) < 4.78 is 4.73. The van der Waals surface area contributed by atoms with Crippen LogP contribution in [0.4, 0.5) is 10.5 Å². The van der Waals surface area contributed by atoms with Gasteiger partial charge < -0.3 is 10.2 Å². The Kier molecular flexibility index (Phi) is 6.28. The zero-order valence-corrected chi connectivity index (χ0v) is 21.5. The van der Waals surface area contributed by atoms with Crippen LogP contribution in [0.15, 0.2) is 95.6 Å². The molecule has 1 aliphatic rings. The molecule has 0 saturated carbocycles. The van der Waals surface area contributed by atoms with Crippen molar-refractivity contribution >= 4 is 27.6 Å². The van der Waals surface area contributed by atoms with Crippen molar-refractivity contribution in [3.8, 4) is 16.9 Å². The zero-order chi connectivity index (χ0) is 25.2. The lowest BCUT2D eigenvalue weighted by atomic mass is 10.0. The maximum absolute atomic E-state index is 13.1. The second kappa shape index (κ2) is 10.0. The van der Waals surface area contributed by atoms with Crippen LogP contribution >= 0.6 is 15.9 Å². The predicted octanol–water partition coefficient (Wildman–Crippen LogP) is 5.53. The van der Waals surface area contributed by atoms with E-state index < -0.39 is 0 Å². The lowest BCUT2D eigenvalue weighted by Crippen LogP contribution is -2.39. The highest BCUT2D eigenvalue weighted by Crippen LogP contribution is 2.31. The topological polar surface area (TPSA) is 80.9 Å². The number of nitrogens with zero attached hydrogens (tertiary/aromatic N) is 6. The van der Waals surface area contributed by atoms with Crippen LogP contribution < -0.4 is 5.32 Å². The first-order chi connectivity index (χ1) is 18.2. The van der Waals surface area contributed by atoms with Crippen molar-refractivity contribution in [3.63, 3.8) is 0 Å². The molecule has 3 aromatic carbocycles. The van der Waals surface area contributed by atoms with Crippen LogP contribution in [0.3, 0.4) is 0 Å². The third-order valence-corrected chi connectivity index (χ3v) is 7.12. The number of aromatic nitrogens is 5. The van der Waals surface area contributed by atoms with Gasteiger partial charge in [-0.2, -0.15) is 5.10 Å². The van der Waals surface area contributed by atoms with Crippen LogP contribution in [-0.4, -0.2) is 42.3 Å². The summed E-state index contributed by atoms with van der Waals surface area (Å²) in [6.45, 7) is 1.59. The normalized spacial score (nSPS) is 12.8. The lowest BCUT2D eigenvalue weighted by molar-refractivity contribution is 0.206. The monoisotopic (exact) mass is 553 g/mol. The van der Waals surface area contributed by atoms with Gasteiger partial charge in [-0.1, -0.05) is 65.9 Å². The Balaban J connectivity index is 1.30. The third kappa shape index (κ3) is 4.77. The van der Waals surface area contributed by atoms with Gasteiger partial charge in [0.05, 0.1) is 30.7 Å². The minimum atomic E-state index is -0.111. The van der Waals surface area contributed by atoms with Crippen LogP contribution in [0.1, 0.15) is 17.0 Å². The maximum Gasteiger partial charge on any atom is 0.322 e. The van der Waals surface area contributed by atoms with Crippen molar-refractivity contribution in [3.05, 3.63) is 113 Å². The highest BCUT2D eigenvalue weighted by molar-refractivity contribution is 9.10. The van der Waals surface area contributed by atoms with Crippen molar-refractivity contribution in [2.75, 3.05) is 11.9 Å². The molecule has 3 heterocycles. The standard InChI is InChI=1S/C28H24BrN7O/c29-24-13-7-8-14-26(24)36-18-22(31-33-36)17-35-25-15-16-34(28(37)30-21-11-5-2-6-12-21)19-23(25)27(32-35)20-9-3-1-4-10-20/h1-14,18H,15-17,19H2,(H,30,37). The Morgan fingerprint density at radius 2 is 1.68 bits per heavy atom. The molecule has 37 heavy (non-hydrogen) atoms. The molecule has 0 fully saturated rings. The van der Waals surface area contributed by atoms with E-state index in [-0.39, 0.29) is 6.03 Å². The molecule has 0 spiro atoms. The van der Waals surface area contributed by atoms with E-state index in [1.807, 2.05) is 88.6 Å². The number of benzene rings is 3. The maximum atomic E-state index is 13.1. The molecule has 184 valence electrons. The fourth-order valence-electron chi connectivity index (χ4n) is 4.63. The van der Waals surface area contributed by atoms with E-state index in [0.717, 1.165) is 44.1 Å². The molecule has 0 saturated heterocycles. The number of rotatable bonds is 5. The van der Waals surface area contributed by atoms with E-state index in [1.165, 1.54) is 0 Å². The van der Waals surface area contributed by atoms with Crippen LogP contribution in [-0.2, 0) is 19.5 Å². The third-order valence-electron chi connectivity index (χ3n) is 6.45. The Morgan fingerprint density at radius 1 is 0.946 bits per heavy atom. The summed E-state index contributed by atoms with van der Waals surface area (Å²) in [6, 6.07) is 27.4. The number of amides is 2. The number of halogens is 1. The molecular weight excluding hydrogens is 530 g/mol. The van der Waals surface area contributed by atoms with Crippen molar-refractivity contribution in [1.29, 1.82) is 0 Å². The molecule has 0 atom stereocenters. The summed E-state index contributed by atoms with van der Waals surface area (Å²) >= 11 is 3.58. The number of fused-ring (bicyclic) bond motifs is 1. The van der Waals surface area contributed by atoms with E-state index >= 15 is 0 Å².